The molecular weight excluding hydrogens is 308 g/mol. The molecular formula is C17H26N4O3. The summed E-state index contributed by atoms with van der Waals surface area (Å²) in [5.41, 5.74) is 0.434. The SMILES string of the molecule is CCCn1c(=O)c2[nH]c(C3CCCC3)nc2n(CCCOC)c1=O. The summed E-state index contributed by atoms with van der Waals surface area (Å²) in [6, 6.07) is 0. The van der Waals surface area contributed by atoms with Crippen LogP contribution < -0.4 is 11.2 Å². The number of fused-ring (bicyclic) bond motifs is 1. The van der Waals surface area contributed by atoms with Gasteiger partial charge in [-0.25, -0.2) is 9.78 Å². The number of aromatic amines is 1. The molecule has 0 aromatic carbocycles. The van der Waals surface area contributed by atoms with Crippen LogP contribution in [0, 0.1) is 0 Å². The van der Waals surface area contributed by atoms with E-state index in [-0.39, 0.29) is 11.2 Å². The number of rotatable bonds is 7. The molecule has 1 aliphatic carbocycles. The second kappa shape index (κ2) is 7.34. The van der Waals surface area contributed by atoms with E-state index >= 15 is 0 Å². The molecule has 0 spiro atoms. The van der Waals surface area contributed by atoms with Crippen LogP contribution in [0.25, 0.3) is 11.2 Å². The van der Waals surface area contributed by atoms with Gasteiger partial charge in [-0.3, -0.25) is 13.9 Å². The lowest BCUT2D eigenvalue weighted by Crippen LogP contribution is -2.40. The van der Waals surface area contributed by atoms with Gasteiger partial charge in [0.05, 0.1) is 0 Å². The number of nitrogens with one attached hydrogen (secondary N) is 1. The molecule has 3 rings (SSSR count). The second-order valence-corrected chi connectivity index (χ2v) is 6.54. The van der Waals surface area contributed by atoms with Gasteiger partial charge in [-0.1, -0.05) is 19.8 Å². The van der Waals surface area contributed by atoms with Crippen molar-refractivity contribution in [2.45, 2.75) is 64.5 Å². The normalized spacial score (nSPS) is 15.6. The summed E-state index contributed by atoms with van der Waals surface area (Å²) in [6.45, 7) is 3.46. The van der Waals surface area contributed by atoms with Crippen LogP contribution in [0.1, 0.15) is 57.2 Å². The quantitative estimate of drug-likeness (QED) is 0.785. The van der Waals surface area contributed by atoms with E-state index < -0.39 is 0 Å². The largest absolute Gasteiger partial charge is 0.385 e. The predicted molar refractivity (Wildman–Crippen MR) is 92.6 cm³/mol. The molecule has 2 aromatic heterocycles. The van der Waals surface area contributed by atoms with Crippen molar-refractivity contribution in [2.24, 2.45) is 0 Å². The lowest BCUT2D eigenvalue weighted by molar-refractivity contribution is 0.190. The topological polar surface area (TPSA) is 81.9 Å². The third kappa shape index (κ3) is 3.05. The Hall–Kier alpha value is -1.89. The molecule has 0 saturated heterocycles. The molecule has 24 heavy (non-hydrogen) atoms. The highest BCUT2D eigenvalue weighted by molar-refractivity contribution is 5.70. The summed E-state index contributed by atoms with van der Waals surface area (Å²) in [7, 11) is 1.64. The van der Waals surface area contributed by atoms with Gasteiger partial charge in [0.1, 0.15) is 11.3 Å². The number of methoxy groups -OCH3 is 1. The summed E-state index contributed by atoms with van der Waals surface area (Å²) in [6.07, 6.45) is 6.03. The fourth-order valence-electron chi connectivity index (χ4n) is 3.57. The van der Waals surface area contributed by atoms with E-state index in [1.54, 1.807) is 11.7 Å². The first kappa shape index (κ1) is 17.0. The monoisotopic (exact) mass is 334 g/mol. The molecule has 7 nitrogen and oxygen atoms in total. The van der Waals surface area contributed by atoms with Gasteiger partial charge in [-0.2, -0.15) is 0 Å². The van der Waals surface area contributed by atoms with Gasteiger partial charge < -0.3 is 9.72 Å². The molecule has 0 aliphatic heterocycles. The Kier molecular flexibility index (Phi) is 5.18. The maximum absolute atomic E-state index is 12.7. The zero-order valence-corrected chi connectivity index (χ0v) is 14.5. The summed E-state index contributed by atoms with van der Waals surface area (Å²) < 4.78 is 8.04. The van der Waals surface area contributed by atoms with Gasteiger partial charge >= 0.3 is 5.69 Å². The molecule has 7 heteroatoms. The van der Waals surface area contributed by atoms with Crippen molar-refractivity contribution < 1.29 is 4.74 Å². The first-order chi connectivity index (χ1) is 11.7. The Bertz CT molecular complexity index is 812. The van der Waals surface area contributed by atoms with E-state index in [2.05, 4.69) is 9.97 Å². The molecule has 0 bridgehead atoms. The number of ether oxygens (including phenoxy) is 1. The van der Waals surface area contributed by atoms with Crippen LogP contribution in [0.4, 0.5) is 0 Å². The number of hydrogen-bond acceptors (Lipinski definition) is 4. The fourth-order valence-corrected chi connectivity index (χ4v) is 3.57. The van der Waals surface area contributed by atoms with Crippen LogP contribution in [-0.4, -0.2) is 32.8 Å². The highest BCUT2D eigenvalue weighted by Gasteiger charge is 2.23. The van der Waals surface area contributed by atoms with Crippen molar-refractivity contribution in [1.82, 2.24) is 19.1 Å². The van der Waals surface area contributed by atoms with Crippen LogP contribution in [0.15, 0.2) is 9.59 Å². The smallest absolute Gasteiger partial charge is 0.332 e. The van der Waals surface area contributed by atoms with Crippen LogP contribution >= 0.6 is 0 Å². The number of aryl methyl sites for hydroxylation is 1. The van der Waals surface area contributed by atoms with Crippen molar-refractivity contribution >= 4 is 11.2 Å². The lowest BCUT2D eigenvalue weighted by Gasteiger charge is -2.10. The van der Waals surface area contributed by atoms with Gasteiger partial charge in [-0.05, 0) is 25.7 Å². The minimum Gasteiger partial charge on any atom is -0.385 e. The maximum atomic E-state index is 12.7. The lowest BCUT2D eigenvalue weighted by atomic mass is 10.1. The number of H-pyrrole nitrogens is 1. The molecule has 1 fully saturated rings. The average Bonchev–Trinajstić information content (AvgIpc) is 3.23. The minimum absolute atomic E-state index is 0.253. The number of nitrogens with zero attached hydrogens (tertiary/aromatic N) is 3. The summed E-state index contributed by atoms with van der Waals surface area (Å²) in [5, 5.41) is 0. The van der Waals surface area contributed by atoms with E-state index in [0.717, 1.165) is 25.1 Å². The Morgan fingerprint density at radius 3 is 2.62 bits per heavy atom. The Balaban J connectivity index is 2.13. The van der Waals surface area contributed by atoms with Crippen molar-refractivity contribution in [3.05, 3.63) is 26.7 Å². The summed E-state index contributed by atoms with van der Waals surface area (Å²) in [5.74, 6) is 1.23. The fraction of sp³-hybridized carbons (Fsp3) is 0.706. The molecule has 1 saturated carbocycles. The van der Waals surface area contributed by atoms with E-state index in [1.807, 2.05) is 6.92 Å². The first-order valence-electron chi connectivity index (χ1n) is 8.89. The average molecular weight is 334 g/mol. The van der Waals surface area contributed by atoms with Gasteiger partial charge in [0, 0.05) is 32.7 Å². The van der Waals surface area contributed by atoms with Crippen molar-refractivity contribution in [3.63, 3.8) is 0 Å². The third-order valence-electron chi connectivity index (χ3n) is 4.80. The van der Waals surface area contributed by atoms with Gasteiger partial charge in [0.15, 0.2) is 5.65 Å². The summed E-state index contributed by atoms with van der Waals surface area (Å²) >= 11 is 0. The molecule has 0 radical (unpaired) electrons. The predicted octanol–water partition coefficient (Wildman–Crippen LogP) is 1.99. The van der Waals surface area contributed by atoms with Crippen molar-refractivity contribution in [3.8, 4) is 0 Å². The number of aromatic nitrogens is 4. The van der Waals surface area contributed by atoms with Crippen LogP contribution in [0.3, 0.4) is 0 Å². The summed E-state index contributed by atoms with van der Waals surface area (Å²) in [4.78, 5) is 33.3. The maximum Gasteiger partial charge on any atom is 0.332 e. The van der Waals surface area contributed by atoms with E-state index in [4.69, 9.17) is 4.74 Å². The van der Waals surface area contributed by atoms with E-state index in [0.29, 0.717) is 43.2 Å². The minimum atomic E-state index is -0.269. The highest BCUT2D eigenvalue weighted by atomic mass is 16.5. The van der Waals surface area contributed by atoms with Crippen LogP contribution in [-0.2, 0) is 17.8 Å². The van der Waals surface area contributed by atoms with Crippen LogP contribution in [0.2, 0.25) is 0 Å². The Labute approximate surface area is 140 Å². The van der Waals surface area contributed by atoms with E-state index in [1.165, 1.54) is 17.4 Å². The third-order valence-corrected chi connectivity index (χ3v) is 4.80. The molecule has 2 heterocycles. The van der Waals surface area contributed by atoms with Crippen molar-refractivity contribution in [2.75, 3.05) is 13.7 Å². The van der Waals surface area contributed by atoms with Gasteiger partial charge in [0.2, 0.25) is 0 Å². The van der Waals surface area contributed by atoms with Crippen molar-refractivity contribution in [1.29, 1.82) is 0 Å². The van der Waals surface area contributed by atoms with Gasteiger partial charge in [-0.15, -0.1) is 0 Å². The molecule has 0 atom stereocenters. The molecule has 2 aromatic rings. The number of imidazole rings is 1. The number of hydrogen-bond donors (Lipinski definition) is 1. The first-order valence-corrected chi connectivity index (χ1v) is 8.89. The van der Waals surface area contributed by atoms with Gasteiger partial charge in [0.25, 0.3) is 5.56 Å². The molecule has 1 N–H and O–H groups in total. The molecule has 1 aliphatic rings. The Morgan fingerprint density at radius 2 is 1.96 bits per heavy atom. The van der Waals surface area contributed by atoms with E-state index in [9.17, 15) is 9.59 Å². The molecule has 0 amide bonds. The van der Waals surface area contributed by atoms with Crippen LogP contribution in [0.5, 0.6) is 0 Å². The standard InChI is InChI=1S/C17H26N4O3/c1-3-9-21-16(22)13-15(20(17(21)23)10-6-11-24-2)19-14(18-13)12-7-4-5-8-12/h12H,3-11H2,1-2H3,(H,18,19). The second-order valence-electron chi connectivity index (χ2n) is 6.54. The Morgan fingerprint density at radius 1 is 1.21 bits per heavy atom. The molecule has 0 unspecified atom stereocenters. The highest BCUT2D eigenvalue weighted by Crippen LogP contribution is 2.32. The molecule has 132 valence electrons. The zero-order valence-electron chi connectivity index (χ0n) is 14.5. The zero-order chi connectivity index (χ0) is 17.1.